The third kappa shape index (κ3) is 3.22. The van der Waals surface area contributed by atoms with Gasteiger partial charge in [-0.2, -0.15) is 0 Å². The third-order valence-electron chi connectivity index (χ3n) is 3.92. The molecule has 2 atom stereocenters. The van der Waals surface area contributed by atoms with Gasteiger partial charge in [-0.25, -0.2) is 4.79 Å². The molecule has 112 valence electrons. The number of esters is 1. The molecule has 0 saturated heterocycles. The van der Waals surface area contributed by atoms with Gasteiger partial charge in [-0.3, -0.25) is 5.32 Å². The molecule has 1 heterocycles. The fourth-order valence-electron chi connectivity index (χ4n) is 2.89. The lowest BCUT2D eigenvalue weighted by atomic mass is 9.78. The smallest absolute Gasteiger partial charge is 0.329 e. The van der Waals surface area contributed by atoms with Crippen LogP contribution in [0.15, 0.2) is 17.5 Å². The van der Waals surface area contributed by atoms with Gasteiger partial charge in [0.1, 0.15) is 5.54 Å². The van der Waals surface area contributed by atoms with E-state index in [1.807, 2.05) is 18.4 Å². The zero-order valence-corrected chi connectivity index (χ0v) is 13.0. The first-order valence-corrected chi connectivity index (χ1v) is 8.08. The Labute approximate surface area is 124 Å². The predicted octanol–water partition coefficient (Wildman–Crippen LogP) is 2.73. The summed E-state index contributed by atoms with van der Waals surface area (Å²) < 4.78 is 10.9. The van der Waals surface area contributed by atoms with Crippen molar-refractivity contribution in [3.63, 3.8) is 0 Å². The van der Waals surface area contributed by atoms with Crippen LogP contribution in [0.4, 0.5) is 0 Å². The van der Waals surface area contributed by atoms with Crippen molar-refractivity contribution in [3.8, 4) is 0 Å². The van der Waals surface area contributed by atoms with Crippen LogP contribution in [0.25, 0.3) is 0 Å². The molecule has 2 rings (SSSR count). The number of thiophene rings is 1. The molecular formula is C15H23NO3S. The van der Waals surface area contributed by atoms with Gasteiger partial charge in [-0.15, -0.1) is 11.3 Å². The van der Waals surface area contributed by atoms with Crippen LogP contribution < -0.4 is 5.32 Å². The minimum absolute atomic E-state index is 0.115. The molecule has 0 amide bonds. The molecule has 0 aliphatic heterocycles. The van der Waals surface area contributed by atoms with Gasteiger partial charge < -0.3 is 9.47 Å². The standard InChI is InChI=1S/C15H23NO3S/c1-3-19-14(17)15(9-5-4-8-13(15)18-2)16-11-12-7-6-10-20-12/h6-7,10,13,16H,3-5,8-9,11H2,1-2H3. The summed E-state index contributed by atoms with van der Waals surface area (Å²) in [7, 11) is 1.68. The van der Waals surface area contributed by atoms with Crippen LogP contribution in [0.3, 0.4) is 0 Å². The van der Waals surface area contributed by atoms with E-state index >= 15 is 0 Å². The maximum atomic E-state index is 12.5. The normalized spacial score (nSPS) is 26.4. The molecule has 0 bridgehead atoms. The van der Waals surface area contributed by atoms with E-state index in [1.165, 1.54) is 4.88 Å². The van der Waals surface area contributed by atoms with Gasteiger partial charge in [0.2, 0.25) is 0 Å². The first-order valence-electron chi connectivity index (χ1n) is 7.20. The molecule has 0 radical (unpaired) electrons. The summed E-state index contributed by atoms with van der Waals surface area (Å²) in [5.41, 5.74) is -0.701. The van der Waals surface area contributed by atoms with Gasteiger partial charge >= 0.3 is 5.97 Å². The largest absolute Gasteiger partial charge is 0.465 e. The first-order chi connectivity index (χ1) is 9.73. The van der Waals surface area contributed by atoms with E-state index in [0.29, 0.717) is 13.2 Å². The van der Waals surface area contributed by atoms with Crippen LogP contribution in [0, 0.1) is 0 Å². The Balaban J connectivity index is 2.15. The highest BCUT2D eigenvalue weighted by molar-refractivity contribution is 7.09. The molecule has 1 aliphatic carbocycles. The molecule has 1 aromatic rings. The Morgan fingerprint density at radius 3 is 3.05 bits per heavy atom. The van der Waals surface area contributed by atoms with Crippen molar-refractivity contribution in [2.24, 2.45) is 0 Å². The number of carbonyl (C=O) groups excluding carboxylic acids is 1. The molecule has 1 aromatic heterocycles. The maximum absolute atomic E-state index is 12.5. The van der Waals surface area contributed by atoms with Gasteiger partial charge in [0, 0.05) is 18.5 Å². The van der Waals surface area contributed by atoms with E-state index in [1.54, 1.807) is 18.4 Å². The van der Waals surface area contributed by atoms with Crippen LogP contribution in [0.1, 0.15) is 37.5 Å². The van der Waals surface area contributed by atoms with Crippen molar-refractivity contribution < 1.29 is 14.3 Å². The average molecular weight is 297 g/mol. The number of carbonyl (C=O) groups is 1. The molecular weight excluding hydrogens is 274 g/mol. The number of ether oxygens (including phenoxy) is 2. The van der Waals surface area contributed by atoms with Crippen LogP contribution >= 0.6 is 11.3 Å². The molecule has 0 spiro atoms. The van der Waals surface area contributed by atoms with Crippen molar-refractivity contribution >= 4 is 17.3 Å². The van der Waals surface area contributed by atoms with Crippen molar-refractivity contribution in [1.82, 2.24) is 5.32 Å². The third-order valence-corrected chi connectivity index (χ3v) is 4.80. The van der Waals surface area contributed by atoms with E-state index in [9.17, 15) is 4.79 Å². The molecule has 1 N–H and O–H groups in total. The van der Waals surface area contributed by atoms with Crippen molar-refractivity contribution in [2.45, 2.75) is 50.8 Å². The predicted molar refractivity (Wildman–Crippen MR) is 79.8 cm³/mol. The summed E-state index contributed by atoms with van der Waals surface area (Å²) in [6.45, 7) is 2.92. The quantitative estimate of drug-likeness (QED) is 0.820. The van der Waals surface area contributed by atoms with Crippen LogP contribution in [0.5, 0.6) is 0 Å². The monoisotopic (exact) mass is 297 g/mol. The molecule has 1 fully saturated rings. The molecule has 4 nitrogen and oxygen atoms in total. The number of nitrogens with one attached hydrogen (secondary N) is 1. The van der Waals surface area contributed by atoms with Crippen molar-refractivity contribution in [1.29, 1.82) is 0 Å². The Morgan fingerprint density at radius 2 is 2.40 bits per heavy atom. The Morgan fingerprint density at radius 1 is 1.55 bits per heavy atom. The fourth-order valence-corrected chi connectivity index (χ4v) is 3.53. The van der Waals surface area contributed by atoms with Crippen LogP contribution in [-0.2, 0) is 20.8 Å². The fraction of sp³-hybridized carbons (Fsp3) is 0.667. The first kappa shape index (κ1) is 15.5. The lowest BCUT2D eigenvalue weighted by Gasteiger charge is -2.41. The highest BCUT2D eigenvalue weighted by Crippen LogP contribution is 2.32. The minimum Gasteiger partial charge on any atom is -0.465 e. The number of methoxy groups -OCH3 is 1. The van der Waals surface area contributed by atoms with Crippen molar-refractivity contribution in [2.75, 3.05) is 13.7 Å². The highest BCUT2D eigenvalue weighted by atomic mass is 32.1. The number of rotatable bonds is 6. The Kier molecular flexibility index (Phi) is 5.57. The van der Waals surface area contributed by atoms with Gasteiger partial charge in [-0.1, -0.05) is 18.9 Å². The van der Waals surface area contributed by atoms with Crippen LogP contribution in [0.2, 0.25) is 0 Å². The molecule has 1 aliphatic rings. The van der Waals surface area contributed by atoms with E-state index < -0.39 is 5.54 Å². The maximum Gasteiger partial charge on any atom is 0.329 e. The van der Waals surface area contributed by atoms with Gasteiger partial charge in [0.25, 0.3) is 0 Å². The zero-order valence-electron chi connectivity index (χ0n) is 12.2. The van der Waals surface area contributed by atoms with Gasteiger partial charge in [0.05, 0.1) is 12.7 Å². The average Bonchev–Trinajstić information content (AvgIpc) is 2.99. The highest BCUT2D eigenvalue weighted by Gasteiger charge is 2.48. The lowest BCUT2D eigenvalue weighted by Crippen LogP contribution is -2.62. The molecule has 20 heavy (non-hydrogen) atoms. The van der Waals surface area contributed by atoms with Crippen LogP contribution in [-0.4, -0.2) is 31.3 Å². The lowest BCUT2D eigenvalue weighted by molar-refractivity contribution is -0.161. The summed E-state index contributed by atoms with van der Waals surface area (Å²) in [6.07, 6.45) is 3.68. The Bertz CT molecular complexity index is 421. The van der Waals surface area contributed by atoms with E-state index in [0.717, 1.165) is 25.7 Å². The molecule has 0 aromatic carbocycles. The van der Waals surface area contributed by atoms with Gasteiger partial charge in [0.15, 0.2) is 0 Å². The summed E-state index contributed by atoms with van der Waals surface area (Å²) in [4.78, 5) is 13.7. The second-order valence-electron chi connectivity index (χ2n) is 5.09. The second-order valence-corrected chi connectivity index (χ2v) is 6.13. The Hall–Kier alpha value is -0.910. The van der Waals surface area contributed by atoms with E-state index in [2.05, 4.69) is 11.4 Å². The topological polar surface area (TPSA) is 47.6 Å². The summed E-state index contributed by atoms with van der Waals surface area (Å²) >= 11 is 1.69. The molecule has 5 heteroatoms. The van der Waals surface area contributed by atoms with Gasteiger partial charge in [-0.05, 0) is 31.2 Å². The SMILES string of the molecule is CCOC(=O)C1(NCc2cccs2)CCCCC1OC. The van der Waals surface area contributed by atoms with Crippen molar-refractivity contribution in [3.05, 3.63) is 22.4 Å². The summed E-state index contributed by atoms with van der Waals surface area (Å²) in [5, 5.41) is 5.48. The number of hydrogen-bond acceptors (Lipinski definition) is 5. The molecule has 1 saturated carbocycles. The second kappa shape index (κ2) is 7.20. The summed E-state index contributed by atoms with van der Waals surface area (Å²) in [6, 6.07) is 4.09. The molecule has 2 unspecified atom stereocenters. The van der Waals surface area contributed by atoms with E-state index in [4.69, 9.17) is 9.47 Å². The number of hydrogen-bond donors (Lipinski definition) is 1. The zero-order chi connectivity index (χ0) is 14.4. The van der Waals surface area contributed by atoms with E-state index in [-0.39, 0.29) is 12.1 Å². The summed E-state index contributed by atoms with van der Waals surface area (Å²) in [5.74, 6) is -0.178. The minimum atomic E-state index is -0.701.